The zero-order valence-corrected chi connectivity index (χ0v) is 16.7. The van der Waals surface area contributed by atoms with E-state index in [4.69, 9.17) is 0 Å². The lowest BCUT2D eigenvalue weighted by Gasteiger charge is -2.40. The molecule has 0 N–H and O–H groups in total. The highest BCUT2D eigenvalue weighted by molar-refractivity contribution is 6.07. The molecule has 0 radical (unpaired) electrons. The summed E-state index contributed by atoms with van der Waals surface area (Å²) < 4.78 is 14.2. The van der Waals surface area contributed by atoms with Crippen molar-refractivity contribution in [1.29, 1.82) is 0 Å². The Balaban J connectivity index is 1.42. The minimum atomic E-state index is -0.480. The molecule has 2 heterocycles. The average Bonchev–Trinajstić information content (AvgIpc) is 3.52. The van der Waals surface area contributed by atoms with Gasteiger partial charge in [-0.3, -0.25) is 14.9 Å². The molecule has 0 aromatic heterocycles. The number of fused-ring (bicyclic) bond motifs is 2. The molecule has 7 heteroatoms. The van der Waals surface area contributed by atoms with Gasteiger partial charge in [0.25, 0.3) is 11.6 Å². The molecule has 30 heavy (non-hydrogen) atoms. The number of hydrogen-bond donors (Lipinski definition) is 0. The quantitative estimate of drug-likeness (QED) is 0.562. The lowest BCUT2D eigenvalue weighted by Crippen LogP contribution is -2.46. The van der Waals surface area contributed by atoms with Crippen molar-refractivity contribution in [2.45, 2.75) is 31.1 Å². The van der Waals surface area contributed by atoms with Gasteiger partial charge in [-0.15, -0.1) is 0 Å². The van der Waals surface area contributed by atoms with Gasteiger partial charge in [0, 0.05) is 41.9 Å². The van der Waals surface area contributed by atoms with Crippen LogP contribution in [0.25, 0.3) is 0 Å². The summed E-state index contributed by atoms with van der Waals surface area (Å²) in [7, 11) is 0. The SMILES string of the molecule is O=C(c1ccc([N+](=O)[O-])cc1)N1CC2(CCN(CC3CC3)CC2)c2cc(F)ccc21. The van der Waals surface area contributed by atoms with E-state index in [1.807, 2.05) is 0 Å². The van der Waals surface area contributed by atoms with Gasteiger partial charge in [0.1, 0.15) is 5.82 Å². The molecule has 0 bridgehead atoms. The number of nitrogens with zero attached hydrogens (tertiary/aromatic N) is 3. The number of nitro groups is 1. The molecule has 1 saturated heterocycles. The number of non-ortho nitro benzene ring substituents is 1. The third kappa shape index (κ3) is 3.37. The van der Waals surface area contributed by atoms with Gasteiger partial charge in [0.15, 0.2) is 0 Å². The van der Waals surface area contributed by atoms with Crippen molar-refractivity contribution in [3.63, 3.8) is 0 Å². The van der Waals surface area contributed by atoms with E-state index in [2.05, 4.69) is 4.90 Å². The van der Waals surface area contributed by atoms with Crippen LogP contribution in [-0.4, -0.2) is 41.9 Å². The summed E-state index contributed by atoms with van der Waals surface area (Å²) in [6, 6.07) is 10.4. The highest BCUT2D eigenvalue weighted by Gasteiger charge is 2.47. The molecular formula is C23H24FN3O3. The summed E-state index contributed by atoms with van der Waals surface area (Å²) in [5.74, 6) is 0.362. The third-order valence-electron chi connectivity index (χ3n) is 6.88. The van der Waals surface area contributed by atoms with Crippen LogP contribution in [0.1, 0.15) is 41.6 Å². The molecule has 1 saturated carbocycles. The summed E-state index contributed by atoms with van der Waals surface area (Å²) in [6.07, 6.45) is 4.46. The number of halogens is 1. The zero-order chi connectivity index (χ0) is 20.9. The van der Waals surface area contributed by atoms with Crippen LogP contribution in [0, 0.1) is 21.8 Å². The Bertz CT molecular complexity index is 995. The van der Waals surface area contributed by atoms with Crippen LogP contribution in [0.15, 0.2) is 42.5 Å². The normalized spacial score (nSPS) is 20.4. The molecule has 2 aromatic carbocycles. The Morgan fingerprint density at radius 1 is 1.13 bits per heavy atom. The molecule has 0 atom stereocenters. The Kier molecular flexibility index (Phi) is 4.58. The van der Waals surface area contributed by atoms with Crippen LogP contribution in [-0.2, 0) is 5.41 Å². The van der Waals surface area contributed by atoms with Crippen LogP contribution in [0.5, 0.6) is 0 Å². The van der Waals surface area contributed by atoms with Crippen LogP contribution < -0.4 is 4.90 Å². The first-order valence-electron chi connectivity index (χ1n) is 10.5. The van der Waals surface area contributed by atoms with E-state index in [-0.39, 0.29) is 22.8 Å². The number of piperidine rings is 1. The van der Waals surface area contributed by atoms with E-state index in [1.165, 1.54) is 43.2 Å². The van der Waals surface area contributed by atoms with Gasteiger partial charge in [0.05, 0.1) is 4.92 Å². The van der Waals surface area contributed by atoms with Gasteiger partial charge in [-0.25, -0.2) is 4.39 Å². The molecule has 1 amide bonds. The molecule has 1 spiro atoms. The fourth-order valence-corrected chi connectivity index (χ4v) is 4.96. The highest BCUT2D eigenvalue weighted by atomic mass is 19.1. The first kappa shape index (κ1) is 19.2. The first-order chi connectivity index (χ1) is 14.4. The van der Waals surface area contributed by atoms with Crippen LogP contribution in [0.3, 0.4) is 0 Å². The van der Waals surface area contributed by atoms with E-state index in [1.54, 1.807) is 17.0 Å². The highest BCUT2D eigenvalue weighted by Crippen LogP contribution is 2.48. The van der Waals surface area contributed by atoms with E-state index in [0.29, 0.717) is 12.1 Å². The largest absolute Gasteiger partial charge is 0.307 e. The monoisotopic (exact) mass is 409 g/mol. The van der Waals surface area contributed by atoms with Crippen molar-refractivity contribution in [2.75, 3.05) is 31.1 Å². The number of carbonyl (C=O) groups is 1. The van der Waals surface area contributed by atoms with Crippen molar-refractivity contribution in [3.05, 3.63) is 69.5 Å². The van der Waals surface area contributed by atoms with Gasteiger partial charge in [-0.05, 0) is 80.6 Å². The number of amides is 1. The molecule has 156 valence electrons. The van der Waals surface area contributed by atoms with E-state index in [9.17, 15) is 19.3 Å². The van der Waals surface area contributed by atoms with Crippen molar-refractivity contribution in [2.24, 2.45) is 5.92 Å². The molecular weight excluding hydrogens is 385 g/mol. The lowest BCUT2D eigenvalue weighted by molar-refractivity contribution is -0.384. The van der Waals surface area contributed by atoms with Crippen molar-refractivity contribution in [1.82, 2.24) is 4.90 Å². The lowest BCUT2D eigenvalue weighted by atomic mass is 9.74. The first-order valence-corrected chi connectivity index (χ1v) is 10.5. The van der Waals surface area contributed by atoms with Gasteiger partial charge in [-0.1, -0.05) is 0 Å². The van der Waals surface area contributed by atoms with E-state index < -0.39 is 4.92 Å². The van der Waals surface area contributed by atoms with Crippen molar-refractivity contribution < 1.29 is 14.1 Å². The molecule has 6 nitrogen and oxygen atoms in total. The third-order valence-corrected chi connectivity index (χ3v) is 6.88. The molecule has 2 aromatic rings. The van der Waals surface area contributed by atoms with Crippen LogP contribution >= 0.6 is 0 Å². The molecule has 2 fully saturated rings. The van der Waals surface area contributed by atoms with Gasteiger partial charge in [0.2, 0.25) is 0 Å². The van der Waals surface area contributed by atoms with Crippen molar-refractivity contribution in [3.8, 4) is 0 Å². The summed E-state index contributed by atoms with van der Waals surface area (Å²) in [5, 5.41) is 10.9. The maximum atomic E-state index is 14.2. The average molecular weight is 409 g/mol. The Hall–Kier alpha value is -2.80. The summed E-state index contributed by atoms with van der Waals surface area (Å²) in [4.78, 5) is 27.9. The number of rotatable bonds is 4. The minimum absolute atomic E-state index is 0.0463. The topological polar surface area (TPSA) is 66.7 Å². The molecule has 1 aliphatic carbocycles. The smallest absolute Gasteiger partial charge is 0.269 e. The molecule has 0 unspecified atom stereocenters. The predicted molar refractivity (Wildman–Crippen MR) is 111 cm³/mol. The van der Waals surface area contributed by atoms with Gasteiger partial charge >= 0.3 is 0 Å². The molecule has 2 aliphatic heterocycles. The summed E-state index contributed by atoms with van der Waals surface area (Å²) in [5.41, 5.74) is 1.81. The van der Waals surface area contributed by atoms with Crippen molar-refractivity contribution >= 4 is 17.3 Å². The summed E-state index contributed by atoms with van der Waals surface area (Å²) in [6.45, 7) is 3.61. The van der Waals surface area contributed by atoms with E-state index in [0.717, 1.165) is 49.6 Å². The number of likely N-dealkylation sites (tertiary alicyclic amines) is 1. The second-order valence-corrected chi connectivity index (χ2v) is 8.88. The Morgan fingerprint density at radius 2 is 1.83 bits per heavy atom. The fourth-order valence-electron chi connectivity index (χ4n) is 4.96. The van der Waals surface area contributed by atoms with Crippen LogP contribution in [0.4, 0.5) is 15.8 Å². The maximum Gasteiger partial charge on any atom is 0.269 e. The Morgan fingerprint density at radius 3 is 2.47 bits per heavy atom. The van der Waals surface area contributed by atoms with Crippen LogP contribution in [0.2, 0.25) is 0 Å². The maximum absolute atomic E-state index is 14.2. The minimum Gasteiger partial charge on any atom is -0.307 e. The second kappa shape index (κ2) is 7.16. The molecule has 3 aliphatic rings. The number of benzene rings is 2. The Labute approximate surface area is 174 Å². The standard InChI is InChI=1S/C23H24FN3O3/c24-18-5-8-21-20(13-18)23(9-11-25(12-10-23)14-16-1-2-16)15-26(21)22(28)17-3-6-19(7-4-17)27(29)30/h3-8,13,16H,1-2,9-12,14-15H2. The van der Waals surface area contributed by atoms with E-state index >= 15 is 0 Å². The fraction of sp³-hybridized carbons (Fsp3) is 0.435. The predicted octanol–water partition coefficient (Wildman–Crippen LogP) is 4.14. The second-order valence-electron chi connectivity index (χ2n) is 8.88. The van der Waals surface area contributed by atoms with Gasteiger partial charge < -0.3 is 9.80 Å². The van der Waals surface area contributed by atoms with Gasteiger partial charge in [-0.2, -0.15) is 0 Å². The zero-order valence-electron chi connectivity index (χ0n) is 16.7. The number of carbonyl (C=O) groups excluding carboxylic acids is 1. The number of anilines is 1. The summed E-state index contributed by atoms with van der Waals surface area (Å²) >= 11 is 0. The molecule has 5 rings (SSSR count). The number of nitro benzene ring substituents is 1. The number of hydrogen-bond acceptors (Lipinski definition) is 4.